The van der Waals surface area contributed by atoms with E-state index in [1.807, 2.05) is 16.8 Å². The fourth-order valence-electron chi connectivity index (χ4n) is 6.22. The summed E-state index contributed by atoms with van der Waals surface area (Å²) in [5.74, 6) is -2.17. The molecule has 0 radical (unpaired) electrons. The minimum absolute atomic E-state index is 0.154. The van der Waals surface area contributed by atoms with Crippen molar-refractivity contribution in [3.63, 3.8) is 0 Å². The zero-order valence-corrected chi connectivity index (χ0v) is 24.7. The Balaban J connectivity index is 1.60. The van der Waals surface area contributed by atoms with Gasteiger partial charge in [-0.25, -0.2) is 0 Å². The second kappa shape index (κ2) is 12.3. The van der Waals surface area contributed by atoms with Gasteiger partial charge in [-0.3, -0.25) is 14.4 Å². The second-order valence-corrected chi connectivity index (χ2v) is 12.4. The molecule has 10 heteroatoms. The molecule has 6 rings (SSSR count). The van der Waals surface area contributed by atoms with Crippen molar-refractivity contribution in [1.29, 1.82) is 10.5 Å². The quantitative estimate of drug-likeness (QED) is 0.315. The van der Waals surface area contributed by atoms with E-state index in [1.54, 1.807) is 76.5 Å². The van der Waals surface area contributed by atoms with Crippen molar-refractivity contribution < 1.29 is 14.4 Å². The van der Waals surface area contributed by atoms with E-state index >= 15 is 0 Å². The third-order valence-electron chi connectivity index (χ3n) is 8.19. The molecule has 2 saturated heterocycles. The molecule has 4 heterocycles. The lowest BCUT2D eigenvalue weighted by Gasteiger charge is -2.36. The molecule has 2 fully saturated rings. The SMILES string of the molecule is N#Cc1ccc(C2C(C(=O)c3cccs3)C(c3ccc(C#N)cc3)N(C(=O)c3cccs3)C2C(=O)N2CCNCC2)cc1. The predicted octanol–water partition coefficient (Wildman–Crippen LogP) is 4.83. The maximum atomic E-state index is 14.6. The van der Waals surface area contributed by atoms with E-state index in [0.717, 1.165) is 0 Å². The van der Waals surface area contributed by atoms with Gasteiger partial charge in [0.25, 0.3) is 5.91 Å². The Hall–Kier alpha value is -4.61. The van der Waals surface area contributed by atoms with Crippen LogP contribution in [0.4, 0.5) is 0 Å². The van der Waals surface area contributed by atoms with Gasteiger partial charge in [-0.05, 0) is 58.3 Å². The molecule has 4 unspecified atom stereocenters. The third-order valence-corrected chi connectivity index (χ3v) is 9.93. The standard InChI is InChI=1S/C33H27N5O3S2/c34-19-21-5-9-23(10-6-21)27-28(31(39)25-3-1-17-42-25)29(24-11-7-22(20-35)8-12-24)38(32(40)26-4-2-18-43-26)30(27)33(41)37-15-13-36-14-16-37/h1-12,17-18,27-30,36H,13-16H2. The number of thiophene rings is 2. The van der Waals surface area contributed by atoms with E-state index in [-0.39, 0.29) is 17.6 Å². The summed E-state index contributed by atoms with van der Waals surface area (Å²) < 4.78 is 0. The fraction of sp³-hybridized carbons (Fsp3) is 0.242. The number of amides is 2. The molecule has 2 amide bonds. The Bertz CT molecular complexity index is 1700. The van der Waals surface area contributed by atoms with Gasteiger partial charge in [0.15, 0.2) is 5.78 Å². The van der Waals surface area contributed by atoms with Gasteiger partial charge in [0.05, 0.1) is 45.0 Å². The number of piperazine rings is 1. The number of Topliss-reactive ketones (excluding diaryl/α,β-unsaturated/α-hetero) is 1. The lowest BCUT2D eigenvalue weighted by molar-refractivity contribution is -0.136. The summed E-state index contributed by atoms with van der Waals surface area (Å²) in [6.07, 6.45) is 0. The van der Waals surface area contributed by atoms with Gasteiger partial charge >= 0.3 is 0 Å². The average molecular weight is 606 g/mol. The largest absolute Gasteiger partial charge is 0.338 e. The van der Waals surface area contributed by atoms with Gasteiger partial charge in [-0.15, -0.1) is 22.7 Å². The highest BCUT2D eigenvalue weighted by molar-refractivity contribution is 7.12. The zero-order valence-electron chi connectivity index (χ0n) is 23.1. The highest BCUT2D eigenvalue weighted by atomic mass is 32.1. The van der Waals surface area contributed by atoms with E-state index < -0.39 is 23.9 Å². The first-order valence-electron chi connectivity index (χ1n) is 14.0. The molecular formula is C33H27N5O3S2. The lowest BCUT2D eigenvalue weighted by Crippen LogP contribution is -2.54. The van der Waals surface area contributed by atoms with Crippen LogP contribution in [0, 0.1) is 28.6 Å². The van der Waals surface area contributed by atoms with Crippen molar-refractivity contribution in [3.05, 3.63) is 116 Å². The monoisotopic (exact) mass is 605 g/mol. The number of nitrogens with zero attached hydrogens (tertiary/aromatic N) is 4. The molecule has 1 N–H and O–H groups in total. The summed E-state index contributed by atoms with van der Waals surface area (Å²) >= 11 is 2.62. The molecule has 0 saturated carbocycles. The van der Waals surface area contributed by atoms with Crippen molar-refractivity contribution in [2.24, 2.45) is 5.92 Å². The van der Waals surface area contributed by atoms with Crippen LogP contribution >= 0.6 is 22.7 Å². The summed E-state index contributed by atoms with van der Waals surface area (Å²) in [5.41, 5.74) is 2.30. The van der Waals surface area contributed by atoms with Crippen LogP contribution in [0.2, 0.25) is 0 Å². The number of nitriles is 2. The number of carbonyl (C=O) groups excluding carboxylic acids is 3. The van der Waals surface area contributed by atoms with Gasteiger partial charge in [0.2, 0.25) is 5.91 Å². The molecule has 4 aromatic rings. The maximum Gasteiger partial charge on any atom is 0.265 e. The van der Waals surface area contributed by atoms with Crippen LogP contribution in [0.1, 0.15) is 53.6 Å². The number of hydrogen-bond acceptors (Lipinski definition) is 8. The van der Waals surface area contributed by atoms with E-state index in [1.165, 1.54) is 22.7 Å². The second-order valence-electron chi connectivity index (χ2n) is 10.5. The molecule has 0 spiro atoms. The average Bonchev–Trinajstić information content (AvgIpc) is 3.85. The number of benzene rings is 2. The van der Waals surface area contributed by atoms with Gasteiger partial charge < -0.3 is 15.1 Å². The summed E-state index contributed by atoms with van der Waals surface area (Å²) in [6, 6.07) is 23.5. The van der Waals surface area contributed by atoms with Crippen molar-refractivity contribution in [3.8, 4) is 12.1 Å². The number of ketones is 1. The Morgan fingerprint density at radius 1 is 0.767 bits per heavy atom. The molecule has 8 nitrogen and oxygen atoms in total. The first-order valence-corrected chi connectivity index (χ1v) is 15.7. The number of likely N-dealkylation sites (tertiary alicyclic amines) is 1. The normalized spacial score (nSPS) is 21.6. The van der Waals surface area contributed by atoms with Gasteiger partial charge in [-0.1, -0.05) is 36.4 Å². The smallest absolute Gasteiger partial charge is 0.265 e. The maximum absolute atomic E-state index is 14.6. The zero-order chi connectivity index (χ0) is 29.9. The first-order chi connectivity index (χ1) is 21.0. The summed E-state index contributed by atoms with van der Waals surface area (Å²) in [6.45, 7) is 2.24. The molecule has 2 aromatic carbocycles. The van der Waals surface area contributed by atoms with E-state index in [9.17, 15) is 24.9 Å². The van der Waals surface area contributed by atoms with E-state index in [2.05, 4.69) is 17.5 Å². The van der Waals surface area contributed by atoms with Crippen molar-refractivity contribution in [2.45, 2.75) is 18.0 Å². The van der Waals surface area contributed by atoms with Crippen molar-refractivity contribution in [1.82, 2.24) is 15.1 Å². The van der Waals surface area contributed by atoms with Crippen molar-refractivity contribution >= 4 is 40.3 Å². The Morgan fingerprint density at radius 3 is 1.86 bits per heavy atom. The molecule has 2 aliphatic heterocycles. The lowest BCUT2D eigenvalue weighted by atomic mass is 9.76. The number of nitrogens with one attached hydrogen (secondary N) is 1. The van der Waals surface area contributed by atoms with E-state index in [4.69, 9.17) is 0 Å². The minimum atomic E-state index is -0.977. The Morgan fingerprint density at radius 2 is 1.33 bits per heavy atom. The predicted molar refractivity (Wildman–Crippen MR) is 164 cm³/mol. The minimum Gasteiger partial charge on any atom is -0.338 e. The molecule has 214 valence electrons. The summed E-state index contributed by atoms with van der Waals surface area (Å²) in [4.78, 5) is 48.1. The molecular weight excluding hydrogens is 579 g/mol. The van der Waals surface area contributed by atoms with Crippen LogP contribution in [0.3, 0.4) is 0 Å². The highest BCUT2D eigenvalue weighted by Gasteiger charge is 2.58. The van der Waals surface area contributed by atoms with Crippen molar-refractivity contribution in [2.75, 3.05) is 26.2 Å². The molecule has 2 aromatic heterocycles. The van der Waals surface area contributed by atoms with Crippen LogP contribution in [0.25, 0.3) is 0 Å². The highest BCUT2D eigenvalue weighted by Crippen LogP contribution is 2.52. The molecule has 0 aliphatic carbocycles. The Kier molecular flexibility index (Phi) is 8.17. The van der Waals surface area contributed by atoms with Gasteiger partial charge in [-0.2, -0.15) is 10.5 Å². The van der Waals surface area contributed by atoms with Crippen LogP contribution in [-0.2, 0) is 4.79 Å². The Labute approximate surface area is 257 Å². The van der Waals surface area contributed by atoms with Crippen LogP contribution in [-0.4, -0.2) is 59.6 Å². The molecule has 4 atom stereocenters. The van der Waals surface area contributed by atoms with Gasteiger partial charge in [0.1, 0.15) is 6.04 Å². The number of rotatable bonds is 6. The molecule has 43 heavy (non-hydrogen) atoms. The molecule has 0 bridgehead atoms. The summed E-state index contributed by atoms with van der Waals surface area (Å²) in [5, 5.41) is 25.9. The third kappa shape index (κ3) is 5.37. The number of hydrogen-bond donors (Lipinski definition) is 1. The fourth-order valence-corrected chi connectivity index (χ4v) is 7.60. The number of carbonyl (C=O) groups is 3. The topological polar surface area (TPSA) is 117 Å². The van der Waals surface area contributed by atoms with E-state index in [0.29, 0.717) is 58.2 Å². The summed E-state index contributed by atoms with van der Waals surface area (Å²) in [7, 11) is 0. The molecule has 2 aliphatic rings. The first kappa shape index (κ1) is 28.5. The van der Waals surface area contributed by atoms with Crippen LogP contribution in [0.15, 0.2) is 83.6 Å². The van der Waals surface area contributed by atoms with Gasteiger partial charge in [0, 0.05) is 32.1 Å². The van der Waals surface area contributed by atoms with Crippen LogP contribution in [0.5, 0.6) is 0 Å². The van der Waals surface area contributed by atoms with Crippen LogP contribution < -0.4 is 5.32 Å².